The number of aromatic nitrogens is 5. The van der Waals surface area contributed by atoms with Crippen LogP contribution in [0, 0.1) is 18.3 Å². The fourth-order valence-electron chi connectivity index (χ4n) is 15.3. The van der Waals surface area contributed by atoms with E-state index >= 15 is 0 Å². The lowest BCUT2D eigenvalue weighted by atomic mass is 9.77. The minimum atomic E-state index is 0.549. The highest BCUT2D eigenvalue weighted by Crippen LogP contribution is 2.54. The Kier molecular flexibility index (Phi) is 12.0. The summed E-state index contributed by atoms with van der Waals surface area (Å²) in [5, 5.41) is 22.9. The van der Waals surface area contributed by atoms with Gasteiger partial charge in [0.2, 0.25) is 0 Å². The van der Waals surface area contributed by atoms with Crippen LogP contribution in [0.15, 0.2) is 309 Å². The number of nitriles is 1. The van der Waals surface area contributed by atoms with E-state index in [9.17, 15) is 5.26 Å². The third-order valence-corrected chi connectivity index (χ3v) is 20.4. The van der Waals surface area contributed by atoms with Crippen LogP contribution in [0.5, 0.6) is 0 Å². The van der Waals surface area contributed by atoms with Crippen LogP contribution in [0.3, 0.4) is 0 Å². The lowest BCUT2D eigenvalue weighted by Gasteiger charge is -2.26. The molecule has 0 unspecified atom stereocenters. The van der Waals surface area contributed by atoms with Crippen LogP contribution in [0.4, 0.5) is 0 Å². The van der Waals surface area contributed by atoms with Gasteiger partial charge in [0.25, 0.3) is 0 Å². The number of aryl methyl sites for hydroxylation is 1. The SMILES string of the molecule is Cc1ccc2c(c1)c1ccccc1n2-c1ccc(-c2c(-c3ccc(-n4c5ccccc5c5ccccc54)cc3)c(-c3ccc(-n4c5ccccc5c5ccccc54)cc3)c(C#N)c(-c3nc4ccccc4s3)c2-c2ccc(-n3c4ccccc4c4ccccc43)cc2)cc1. The molecule has 94 heavy (non-hydrogen) atoms. The Morgan fingerprint density at radius 1 is 0.287 bits per heavy atom. The van der Waals surface area contributed by atoms with Crippen molar-refractivity contribution in [3.63, 3.8) is 0 Å². The zero-order valence-electron chi connectivity index (χ0n) is 51.0. The van der Waals surface area contributed by atoms with E-state index in [1.54, 1.807) is 11.3 Å². The standard InChI is InChI=1S/C87H54N6S/c1-54-34-51-80-70(52-54)69-24-8-16-32-79(69)93(80)62-47-39-57(40-48-62)84-83(56-37-45-60(46-38-56)91-75-28-12-4-20-65(75)66-21-5-13-29-76(66)91)82(55-35-43-59(44-36-55)90-73-26-10-2-18-63(73)64-19-3-11-27-74(64)90)71(53-88)86(87-89-72-25-9-17-33-81(72)94-87)85(84)58-41-49-61(50-42-58)92-77-30-14-6-22-67(77)68-23-7-15-31-78(68)92/h2-52H,1H3. The second-order valence-corrected chi connectivity index (χ2v) is 25.5. The van der Waals surface area contributed by atoms with Gasteiger partial charge in [-0.1, -0.05) is 200 Å². The van der Waals surface area contributed by atoms with Crippen molar-refractivity contribution in [1.82, 2.24) is 23.3 Å². The number of fused-ring (bicyclic) bond motifs is 13. The van der Waals surface area contributed by atoms with Gasteiger partial charge < -0.3 is 18.3 Å². The Morgan fingerprint density at radius 2 is 0.574 bits per heavy atom. The quantitative estimate of drug-likeness (QED) is 0.145. The van der Waals surface area contributed by atoms with Gasteiger partial charge in [-0.3, -0.25) is 0 Å². The highest BCUT2D eigenvalue weighted by Gasteiger charge is 2.31. The number of thiazole rings is 1. The summed E-state index contributed by atoms with van der Waals surface area (Å²) in [5.41, 5.74) is 24.2. The monoisotopic (exact) mass is 1210 g/mol. The average Bonchev–Trinajstić information content (AvgIpc) is 0.875. The molecule has 14 aromatic carbocycles. The maximum atomic E-state index is 12.5. The topological polar surface area (TPSA) is 56.4 Å². The summed E-state index contributed by atoms with van der Waals surface area (Å²) in [4.78, 5) is 5.54. The van der Waals surface area contributed by atoms with E-state index in [1.807, 2.05) is 6.07 Å². The van der Waals surface area contributed by atoms with Gasteiger partial charge >= 0.3 is 0 Å². The first-order chi connectivity index (χ1) is 46.5. The first kappa shape index (κ1) is 53.5. The van der Waals surface area contributed by atoms with Crippen molar-refractivity contribution in [3.8, 4) is 83.9 Å². The molecule has 5 heterocycles. The number of hydrogen-bond acceptors (Lipinski definition) is 3. The van der Waals surface area contributed by atoms with Gasteiger partial charge in [0, 0.05) is 82.5 Å². The highest BCUT2D eigenvalue weighted by atomic mass is 32.1. The molecule has 0 spiro atoms. The van der Waals surface area contributed by atoms with Crippen molar-refractivity contribution < 1.29 is 0 Å². The Labute approximate surface area is 545 Å². The molecule has 19 aromatic rings. The summed E-state index contributed by atoms with van der Waals surface area (Å²) in [7, 11) is 0. The van der Waals surface area contributed by atoms with Crippen LogP contribution < -0.4 is 0 Å². The summed E-state index contributed by atoms with van der Waals surface area (Å²) >= 11 is 1.64. The molecule has 0 bridgehead atoms. The molecule has 0 aliphatic heterocycles. The van der Waals surface area contributed by atoms with Gasteiger partial charge in [-0.05, 0) is 156 Å². The first-order valence-electron chi connectivity index (χ1n) is 31.9. The molecule has 0 fully saturated rings. The summed E-state index contributed by atoms with van der Waals surface area (Å²) in [5.74, 6) is 0. The second-order valence-electron chi connectivity index (χ2n) is 24.5. The van der Waals surface area contributed by atoms with Crippen molar-refractivity contribution in [1.29, 1.82) is 5.26 Å². The predicted molar refractivity (Wildman–Crippen MR) is 394 cm³/mol. The summed E-state index contributed by atoms with van der Waals surface area (Å²) in [6.45, 7) is 2.17. The maximum absolute atomic E-state index is 12.5. The third kappa shape index (κ3) is 8.10. The van der Waals surface area contributed by atoms with E-state index in [-0.39, 0.29) is 0 Å². The molecule has 0 saturated heterocycles. The van der Waals surface area contributed by atoms with Gasteiger partial charge in [0.1, 0.15) is 11.1 Å². The van der Waals surface area contributed by atoms with Crippen LogP contribution in [0.2, 0.25) is 0 Å². The van der Waals surface area contributed by atoms with Crippen LogP contribution in [-0.2, 0) is 0 Å². The summed E-state index contributed by atoms with van der Waals surface area (Å²) in [6, 6.07) is 115. The summed E-state index contributed by atoms with van der Waals surface area (Å²) in [6.07, 6.45) is 0. The molecule has 0 atom stereocenters. The third-order valence-electron chi connectivity index (χ3n) is 19.3. The van der Waals surface area contributed by atoms with Crippen LogP contribution in [0.1, 0.15) is 11.1 Å². The molecule has 0 amide bonds. The van der Waals surface area contributed by atoms with Crippen molar-refractivity contribution in [2.24, 2.45) is 0 Å². The second kappa shape index (κ2) is 21.1. The van der Waals surface area contributed by atoms with Crippen molar-refractivity contribution in [2.75, 3.05) is 0 Å². The van der Waals surface area contributed by atoms with E-state index in [0.29, 0.717) is 5.56 Å². The molecule has 0 saturated carbocycles. The molecule has 7 heteroatoms. The van der Waals surface area contributed by atoms with Crippen molar-refractivity contribution in [2.45, 2.75) is 6.92 Å². The molecular formula is C87H54N6S. The number of para-hydroxylation sites is 8. The molecule has 6 nitrogen and oxygen atoms in total. The molecule has 19 rings (SSSR count). The molecule has 5 aromatic heterocycles. The van der Waals surface area contributed by atoms with Crippen molar-refractivity contribution >= 4 is 109 Å². The number of rotatable bonds is 9. The minimum absolute atomic E-state index is 0.549. The van der Waals surface area contributed by atoms with Gasteiger partial charge in [0.15, 0.2) is 0 Å². The Bertz CT molecular complexity index is 6150. The first-order valence-corrected chi connectivity index (χ1v) is 32.7. The molecule has 438 valence electrons. The lowest BCUT2D eigenvalue weighted by Crippen LogP contribution is -2.03. The Balaban J connectivity index is 0.923. The minimum Gasteiger partial charge on any atom is -0.309 e. The van der Waals surface area contributed by atoms with Crippen LogP contribution in [0.25, 0.3) is 175 Å². The smallest absolute Gasteiger partial charge is 0.126 e. The van der Waals surface area contributed by atoms with Crippen molar-refractivity contribution in [3.05, 3.63) is 321 Å². The predicted octanol–water partition coefficient (Wildman–Crippen LogP) is 23.2. The highest BCUT2D eigenvalue weighted by molar-refractivity contribution is 7.21. The van der Waals surface area contributed by atoms with E-state index in [0.717, 1.165) is 132 Å². The largest absolute Gasteiger partial charge is 0.309 e. The maximum Gasteiger partial charge on any atom is 0.126 e. The molecule has 0 radical (unpaired) electrons. The fourth-order valence-corrected chi connectivity index (χ4v) is 16.3. The number of hydrogen-bond donors (Lipinski definition) is 0. The Hall–Kier alpha value is -12.3. The normalized spacial score (nSPS) is 11.9. The van der Waals surface area contributed by atoms with Gasteiger partial charge in [0.05, 0.1) is 59.9 Å². The lowest BCUT2D eigenvalue weighted by molar-refractivity contribution is 1.18. The van der Waals surface area contributed by atoms with Crippen LogP contribution >= 0.6 is 11.3 Å². The van der Waals surface area contributed by atoms with E-state index in [2.05, 4.69) is 335 Å². The van der Waals surface area contributed by atoms with Gasteiger partial charge in [-0.25, -0.2) is 4.98 Å². The fraction of sp³-hybridized carbons (Fsp3) is 0.0115. The molecule has 0 N–H and O–H groups in total. The van der Waals surface area contributed by atoms with Gasteiger partial charge in [-0.15, -0.1) is 11.3 Å². The average molecular weight is 1220 g/mol. The van der Waals surface area contributed by atoms with Gasteiger partial charge in [-0.2, -0.15) is 5.26 Å². The Morgan fingerprint density at radius 3 is 0.926 bits per heavy atom. The zero-order chi connectivity index (χ0) is 62.1. The van der Waals surface area contributed by atoms with E-state index in [4.69, 9.17) is 4.98 Å². The van der Waals surface area contributed by atoms with E-state index in [1.165, 1.54) is 48.7 Å². The van der Waals surface area contributed by atoms with E-state index < -0.39 is 0 Å². The number of benzene rings is 14. The number of nitrogens with zero attached hydrogens (tertiary/aromatic N) is 6. The molecular weight excluding hydrogens is 1160 g/mol. The zero-order valence-corrected chi connectivity index (χ0v) is 51.9. The molecule has 0 aliphatic carbocycles. The summed E-state index contributed by atoms with van der Waals surface area (Å²) < 4.78 is 10.5. The molecule has 0 aliphatic rings. The van der Waals surface area contributed by atoms with Crippen LogP contribution in [-0.4, -0.2) is 23.3 Å².